The second-order valence-electron chi connectivity index (χ2n) is 6.05. The Morgan fingerprint density at radius 2 is 2.00 bits per heavy atom. The number of amides is 1. The summed E-state index contributed by atoms with van der Waals surface area (Å²) in [6, 6.07) is 11.9. The van der Waals surface area contributed by atoms with Crippen LogP contribution in [-0.2, 0) is 23.3 Å². The zero-order valence-corrected chi connectivity index (χ0v) is 12.6. The summed E-state index contributed by atoms with van der Waals surface area (Å²) in [6.45, 7) is 1.28. The third kappa shape index (κ3) is 1.90. The van der Waals surface area contributed by atoms with E-state index in [0.717, 1.165) is 35.4 Å². The lowest BCUT2D eigenvalue weighted by Gasteiger charge is -2.24. The predicted molar refractivity (Wildman–Crippen MR) is 82.4 cm³/mol. The highest BCUT2D eigenvalue weighted by atomic mass is 16.5. The highest BCUT2D eigenvalue weighted by Gasteiger charge is 2.55. The zero-order chi connectivity index (χ0) is 15.2. The van der Waals surface area contributed by atoms with Crippen molar-refractivity contribution in [2.45, 2.75) is 31.3 Å². The van der Waals surface area contributed by atoms with Crippen molar-refractivity contribution in [3.05, 3.63) is 59.4 Å². The van der Waals surface area contributed by atoms with Gasteiger partial charge in [-0.1, -0.05) is 24.3 Å². The molecule has 0 atom stereocenters. The molecular formula is C18H18N2O2. The fourth-order valence-electron chi connectivity index (χ4n) is 3.41. The van der Waals surface area contributed by atoms with Crippen LogP contribution in [-0.4, -0.2) is 22.9 Å². The van der Waals surface area contributed by atoms with E-state index in [4.69, 9.17) is 4.74 Å². The van der Waals surface area contributed by atoms with Crippen LogP contribution in [0.15, 0.2) is 42.6 Å². The molecule has 1 aromatic heterocycles. The van der Waals surface area contributed by atoms with Gasteiger partial charge in [0.2, 0.25) is 5.91 Å². The minimum Gasteiger partial charge on any atom is -0.496 e. The van der Waals surface area contributed by atoms with Gasteiger partial charge in [-0.05, 0) is 30.5 Å². The first-order valence-corrected chi connectivity index (χ1v) is 7.60. The maximum atomic E-state index is 13.1. The molecule has 0 radical (unpaired) electrons. The lowest BCUT2D eigenvalue weighted by molar-refractivity contribution is -0.134. The Labute approximate surface area is 129 Å². The van der Waals surface area contributed by atoms with E-state index in [0.29, 0.717) is 13.1 Å². The first kappa shape index (κ1) is 13.3. The largest absolute Gasteiger partial charge is 0.496 e. The number of methoxy groups -OCH3 is 1. The highest BCUT2D eigenvalue weighted by Crippen LogP contribution is 2.53. The lowest BCUT2D eigenvalue weighted by atomic mass is 9.93. The number of rotatable bonds is 3. The first-order chi connectivity index (χ1) is 10.7. The molecule has 1 aliphatic heterocycles. The van der Waals surface area contributed by atoms with Gasteiger partial charge in [-0.15, -0.1) is 0 Å². The molecule has 2 heterocycles. The van der Waals surface area contributed by atoms with E-state index in [1.807, 2.05) is 35.2 Å². The summed E-state index contributed by atoms with van der Waals surface area (Å²) < 4.78 is 5.46. The number of benzene rings is 1. The van der Waals surface area contributed by atoms with Gasteiger partial charge in [0.15, 0.2) is 0 Å². The van der Waals surface area contributed by atoms with E-state index in [1.165, 1.54) is 0 Å². The number of carbonyl (C=O) groups excluding carboxylic acids is 1. The minimum atomic E-state index is -0.394. The molecule has 1 saturated carbocycles. The minimum absolute atomic E-state index is 0.204. The molecule has 112 valence electrons. The predicted octanol–water partition coefficient (Wildman–Crippen LogP) is 2.66. The van der Waals surface area contributed by atoms with Crippen LogP contribution in [0.2, 0.25) is 0 Å². The van der Waals surface area contributed by atoms with Gasteiger partial charge in [0, 0.05) is 18.3 Å². The normalized spacial score (nSPS) is 18.0. The fraction of sp³-hybridized carbons (Fsp3) is 0.333. The Hall–Kier alpha value is -2.36. The summed E-state index contributed by atoms with van der Waals surface area (Å²) in [7, 11) is 1.66. The molecule has 0 saturated heterocycles. The Kier molecular flexibility index (Phi) is 2.93. The Morgan fingerprint density at radius 1 is 1.18 bits per heavy atom. The topological polar surface area (TPSA) is 42.4 Å². The van der Waals surface area contributed by atoms with Gasteiger partial charge in [0.1, 0.15) is 5.75 Å². The molecule has 0 spiro atoms. The van der Waals surface area contributed by atoms with Crippen LogP contribution in [0.4, 0.5) is 0 Å². The maximum Gasteiger partial charge on any atom is 0.234 e. The van der Waals surface area contributed by atoms with Crippen LogP contribution in [0.25, 0.3) is 0 Å². The van der Waals surface area contributed by atoms with Crippen molar-refractivity contribution in [2.75, 3.05) is 7.11 Å². The Balaban J connectivity index is 1.64. The van der Waals surface area contributed by atoms with Gasteiger partial charge in [0.05, 0.1) is 24.8 Å². The van der Waals surface area contributed by atoms with Crippen LogP contribution < -0.4 is 4.74 Å². The van der Waals surface area contributed by atoms with Crippen LogP contribution in [0, 0.1) is 0 Å². The Bertz CT molecular complexity index is 712. The number of hydrogen-bond donors (Lipinski definition) is 0. The number of aromatic nitrogens is 1. The molecule has 1 fully saturated rings. The molecule has 1 aliphatic carbocycles. The molecule has 4 heteroatoms. The summed E-state index contributed by atoms with van der Waals surface area (Å²) in [5.41, 5.74) is 2.80. The number of fused-ring (bicyclic) bond motifs is 1. The molecule has 0 N–H and O–H groups in total. The van der Waals surface area contributed by atoms with E-state index >= 15 is 0 Å². The second-order valence-corrected chi connectivity index (χ2v) is 6.05. The number of nitrogens with zero attached hydrogens (tertiary/aromatic N) is 2. The summed E-state index contributed by atoms with van der Waals surface area (Å²) in [5, 5.41) is 0. The van der Waals surface area contributed by atoms with Gasteiger partial charge in [-0.2, -0.15) is 0 Å². The van der Waals surface area contributed by atoms with Crippen molar-refractivity contribution in [3.8, 4) is 5.75 Å². The molecule has 1 amide bonds. The summed E-state index contributed by atoms with van der Waals surface area (Å²) in [5.74, 6) is 1.01. The van der Waals surface area contributed by atoms with Crippen molar-refractivity contribution in [1.29, 1.82) is 0 Å². The number of ether oxygens (including phenoxy) is 1. The molecular weight excluding hydrogens is 276 g/mol. The van der Waals surface area contributed by atoms with Crippen molar-refractivity contribution in [1.82, 2.24) is 9.88 Å². The van der Waals surface area contributed by atoms with E-state index < -0.39 is 5.41 Å². The standard InChI is InChI=1S/C18H18N2O2/c1-22-16-7-3-2-6-14(16)18(8-9-18)17(21)20-11-13-5-4-10-19-15(13)12-20/h2-7,10H,8-9,11-12H2,1H3. The van der Waals surface area contributed by atoms with Crippen LogP contribution in [0.5, 0.6) is 5.75 Å². The molecule has 4 rings (SSSR count). The molecule has 2 aliphatic rings. The van der Waals surface area contributed by atoms with Gasteiger partial charge >= 0.3 is 0 Å². The van der Waals surface area contributed by atoms with E-state index in [-0.39, 0.29) is 5.91 Å². The average Bonchev–Trinajstić information content (AvgIpc) is 3.26. The van der Waals surface area contributed by atoms with Gasteiger partial charge < -0.3 is 9.64 Å². The third-order valence-electron chi connectivity index (χ3n) is 4.76. The van der Waals surface area contributed by atoms with Crippen LogP contribution in [0.1, 0.15) is 29.7 Å². The SMILES string of the molecule is COc1ccccc1C1(C(=O)N2Cc3cccnc3C2)CC1. The van der Waals surface area contributed by atoms with Gasteiger partial charge in [-0.3, -0.25) is 9.78 Å². The highest BCUT2D eigenvalue weighted by molar-refractivity contribution is 5.92. The van der Waals surface area contributed by atoms with Gasteiger partial charge in [-0.25, -0.2) is 0 Å². The number of pyridine rings is 1. The molecule has 0 unspecified atom stereocenters. The average molecular weight is 294 g/mol. The van der Waals surface area contributed by atoms with Crippen molar-refractivity contribution in [2.24, 2.45) is 0 Å². The van der Waals surface area contributed by atoms with Crippen molar-refractivity contribution < 1.29 is 9.53 Å². The maximum absolute atomic E-state index is 13.1. The van der Waals surface area contributed by atoms with E-state index in [9.17, 15) is 4.79 Å². The quantitative estimate of drug-likeness (QED) is 0.874. The first-order valence-electron chi connectivity index (χ1n) is 7.60. The summed E-state index contributed by atoms with van der Waals surface area (Å²) in [4.78, 5) is 19.4. The zero-order valence-electron chi connectivity index (χ0n) is 12.6. The fourth-order valence-corrected chi connectivity index (χ4v) is 3.41. The number of hydrogen-bond acceptors (Lipinski definition) is 3. The van der Waals surface area contributed by atoms with Crippen molar-refractivity contribution >= 4 is 5.91 Å². The molecule has 1 aromatic carbocycles. The monoisotopic (exact) mass is 294 g/mol. The van der Waals surface area contributed by atoms with E-state index in [1.54, 1.807) is 13.3 Å². The second kappa shape index (κ2) is 4.83. The van der Waals surface area contributed by atoms with Gasteiger partial charge in [0.25, 0.3) is 0 Å². The lowest BCUT2D eigenvalue weighted by Crippen LogP contribution is -2.36. The number of carbonyl (C=O) groups is 1. The van der Waals surface area contributed by atoms with Crippen LogP contribution in [0.3, 0.4) is 0 Å². The molecule has 2 aromatic rings. The van der Waals surface area contributed by atoms with E-state index in [2.05, 4.69) is 11.1 Å². The third-order valence-corrected chi connectivity index (χ3v) is 4.76. The summed E-state index contributed by atoms with van der Waals surface area (Å²) >= 11 is 0. The smallest absolute Gasteiger partial charge is 0.234 e. The molecule has 4 nitrogen and oxygen atoms in total. The molecule has 22 heavy (non-hydrogen) atoms. The number of para-hydroxylation sites is 1. The Morgan fingerprint density at radius 3 is 2.73 bits per heavy atom. The van der Waals surface area contributed by atoms with Crippen molar-refractivity contribution in [3.63, 3.8) is 0 Å². The molecule has 0 bridgehead atoms. The summed E-state index contributed by atoms with van der Waals surface area (Å²) in [6.07, 6.45) is 3.58. The van der Waals surface area contributed by atoms with Crippen LogP contribution >= 0.6 is 0 Å².